The van der Waals surface area contributed by atoms with Gasteiger partial charge in [0.15, 0.2) is 9.84 Å². The number of carbonyl (C=O) groups is 2. The van der Waals surface area contributed by atoms with Gasteiger partial charge in [-0.25, -0.2) is 8.42 Å². The van der Waals surface area contributed by atoms with Crippen molar-refractivity contribution < 1.29 is 18.0 Å². The summed E-state index contributed by atoms with van der Waals surface area (Å²) >= 11 is 0. The van der Waals surface area contributed by atoms with Crippen LogP contribution in [0.25, 0.3) is 0 Å². The first-order chi connectivity index (χ1) is 11.9. The Hall–Kier alpha value is -1.89. The third kappa shape index (κ3) is 3.86. The quantitative estimate of drug-likeness (QED) is 0.767. The van der Waals surface area contributed by atoms with E-state index in [4.69, 9.17) is 0 Å². The second-order valence-corrected chi connectivity index (χ2v) is 9.19. The van der Waals surface area contributed by atoms with E-state index in [1.165, 1.54) is 0 Å². The Bertz CT molecular complexity index is 757. The number of rotatable bonds is 6. The predicted octanol–water partition coefficient (Wildman–Crippen LogP) is 1.12. The van der Waals surface area contributed by atoms with E-state index >= 15 is 0 Å². The molecule has 1 aromatic carbocycles. The zero-order valence-electron chi connectivity index (χ0n) is 14.4. The van der Waals surface area contributed by atoms with Crippen molar-refractivity contribution in [1.82, 2.24) is 10.2 Å². The van der Waals surface area contributed by atoms with Gasteiger partial charge in [-0.3, -0.25) is 9.59 Å². The van der Waals surface area contributed by atoms with Crippen LogP contribution in [0.2, 0.25) is 0 Å². The molecule has 0 spiro atoms. The Morgan fingerprint density at radius 2 is 1.92 bits per heavy atom. The summed E-state index contributed by atoms with van der Waals surface area (Å²) in [6, 6.07) is 9.32. The Morgan fingerprint density at radius 3 is 2.44 bits per heavy atom. The van der Waals surface area contributed by atoms with Gasteiger partial charge in [0.1, 0.15) is 5.41 Å². The molecule has 3 rings (SSSR count). The van der Waals surface area contributed by atoms with Crippen LogP contribution in [0.4, 0.5) is 0 Å². The summed E-state index contributed by atoms with van der Waals surface area (Å²) in [4.78, 5) is 27.3. The van der Waals surface area contributed by atoms with E-state index in [-0.39, 0.29) is 29.4 Å². The fourth-order valence-electron chi connectivity index (χ4n) is 3.33. The molecule has 1 aliphatic carbocycles. The van der Waals surface area contributed by atoms with Crippen LogP contribution in [0.3, 0.4) is 0 Å². The van der Waals surface area contributed by atoms with Crippen LogP contribution in [0.5, 0.6) is 0 Å². The van der Waals surface area contributed by atoms with Gasteiger partial charge in [0.2, 0.25) is 11.8 Å². The molecule has 1 N–H and O–H groups in total. The highest BCUT2D eigenvalue weighted by Crippen LogP contribution is 2.48. The average Bonchev–Trinajstić information content (AvgIpc) is 3.33. The molecule has 7 heteroatoms. The highest BCUT2D eigenvalue weighted by Gasteiger charge is 2.58. The van der Waals surface area contributed by atoms with Crippen molar-refractivity contribution in [3.05, 3.63) is 35.9 Å². The maximum absolute atomic E-state index is 13.0. The normalized spacial score (nSPS) is 23.0. The summed E-state index contributed by atoms with van der Waals surface area (Å²) in [7, 11) is -3.06. The summed E-state index contributed by atoms with van der Waals surface area (Å²) in [5, 5.41) is 2.80. The maximum Gasteiger partial charge on any atom is 0.238 e. The van der Waals surface area contributed by atoms with Gasteiger partial charge in [-0.05, 0) is 31.7 Å². The van der Waals surface area contributed by atoms with Crippen LogP contribution in [-0.2, 0) is 26.0 Å². The molecule has 2 fully saturated rings. The third-order valence-corrected chi connectivity index (χ3v) is 6.81. The minimum atomic E-state index is -3.06. The Labute approximate surface area is 148 Å². The number of benzene rings is 1. The number of hydrogen-bond donors (Lipinski definition) is 1. The maximum atomic E-state index is 13.0. The number of nitrogens with zero attached hydrogens (tertiary/aromatic N) is 1. The topological polar surface area (TPSA) is 83.6 Å². The van der Waals surface area contributed by atoms with Crippen molar-refractivity contribution in [2.75, 3.05) is 18.1 Å². The molecule has 0 radical (unpaired) electrons. The molecular formula is C18H24N2O4S. The molecule has 2 amide bonds. The van der Waals surface area contributed by atoms with Crippen molar-refractivity contribution in [1.29, 1.82) is 0 Å². The van der Waals surface area contributed by atoms with E-state index in [0.29, 0.717) is 32.4 Å². The molecule has 1 atom stereocenters. The van der Waals surface area contributed by atoms with Gasteiger partial charge >= 0.3 is 0 Å². The van der Waals surface area contributed by atoms with Crippen LogP contribution in [0, 0.1) is 5.41 Å². The highest BCUT2D eigenvalue weighted by atomic mass is 32.2. The fourth-order valence-corrected chi connectivity index (χ4v) is 5.00. The lowest BCUT2D eigenvalue weighted by atomic mass is 10.0. The minimum Gasteiger partial charge on any atom is -0.351 e. The second-order valence-electron chi connectivity index (χ2n) is 6.96. The van der Waals surface area contributed by atoms with Crippen molar-refractivity contribution in [2.45, 2.75) is 38.8 Å². The smallest absolute Gasteiger partial charge is 0.238 e. The highest BCUT2D eigenvalue weighted by molar-refractivity contribution is 7.91. The molecule has 2 aliphatic rings. The summed E-state index contributed by atoms with van der Waals surface area (Å²) in [5.74, 6) is -0.387. The molecule has 136 valence electrons. The molecule has 6 nitrogen and oxygen atoms in total. The van der Waals surface area contributed by atoms with Crippen LogP contribution >= 0.6 is 0 Å². The van der Waals surface area contributed by atoms with E-state index in [1.54, 1.807) is 4.90 Å². The van der Waals surface area contributed by atoms with Crippen LogP contribution in [0.1, 0.15) is 31.7 Å². The Kier molecular flexibility index (Phi) is 4.86. The third-order valence-electron chi connectivity index (χ3n) is 5.05. The molecule has 1 aliphatic heterocycles. The lowest BCUT2D eigenvalue weighted by Gasteiger charge is -2.26. The number of carbonyl (C=O) groups excluding carboxylic acids is 2. The monoisotopic (exact) mass is 364 g/mol. The van der Waals surface area contributed by atoms with Crippen LogP contribution in [0.15, 0.2) is 30.3 Å². The molecule has 1 saturated heterocycles. The Morgan fingerprint density at radius 1 is 1.24 bits per heavy atom. The Balaban J connectivity index is 1.66. The molecule has 1 unspecified atom stereocenters. The lowest BCUT2D eigenvalue weighted by molar-refractivity contribution is -0.144. The number of amides is 2. The molecule has 1 aromatic rings. The van der Waals surface area contributed by atoms with E-state index in [2.05, 4.69) is 5.32 Å². The molecule has 25 heavy (non-hydrogen) atoms. The van der Waals surface area contributed by atoms with Crippen molar-refractivity contribution in [2.24, 2.45) is 5.41 Å². The lowest BCUT2D eigenvalue weighted by Crippen LogP contribution is -2.48. The standard InChI is InChI=1S/C18H24N2O4S/c1-2-20(12-14-6-4-3-5-7-14)17(22)18(9-10-18)16(21)19-15-8-11-25(23,24)13-15/h3-7,15H,2,8-13H2,1H3,(H,19,21). The van der Waals surface area contributed by atoms with E-state index < -0.39 is 15.3 Å². The number of nitrogens with one attached hydrogen (secondary N) is 1. The van der Waals surface area contributed by atoms with Gasteiger partial charge in [-0.1, -0.05) is 30.3 Å². The molecule has 0 aromatic heterocycles. The predicted molar refractivity (Wildman–Crippen MR) is 94.4 cm³/mol. The van der Waals surface area contributed by atoms with Gasteiger partial charge in [0.25, 0.3) is 0 Å². The molecule has 1 heterocycles. The zero-order chi connectivity index (χ0) is 18.1. The molecule has 1 saturated carbocycles. The summed E-state index contributed by atoms with van der Waals surface area (Å²) in [6.45, 7) is 2.90. The summed E-state index contributed by atoms with van der Waals surface area (Å²) < 4.78 is 23.1. The average molecular weight is 364 g/mol. The van der Waals surface area contributed by atoms with E-state index in [1.807, 2.05) is 37.3 Å². The summed E-state index contributed by atoms with van der Waals surface area (Å²) in [6.07, 6.45) is 1.49. The van der Waals surface area contributed by atoms with Crippen molar-refractivity contribution >= 4 is 21.7 Å². The van der Waals surface area contributed by atoms with Gasteiger partial charge in [0, 0.05) is 19.1 Å². The van der Waals surface area contributed by atoms with Crippen LogP contribution < -0.4 is 5.32 Å². The first kappa shape index (κ1) is 17.9. The largest absolute Gasteiger partial charge is 0.351 e. The molecule has 0 bridgehead atoms. The zero-order valence-corrected chi connectivity index (χ0v) is 15.2. The number of hydrogen-bond acceptors (Lipinski definition) is 4. The van der Waals surface area contributed by atoms with Gasteiger partial charge in [-0.15, -0.1) is 0 Å². The second kappa shape index (κ2) is 6.78. The van der Waals surface area contributed by atoms with Gasteiger partial charge in [0.05, 0.1) is 11.5 Å². The number of sulfone groups is 1. The molecular weight excluding hydrogens is 340 g/mol. The van der Waals surface area contributed by atoms with Gasteiger partial charge in [-0.2, -0.15) is 0 Å². The van der Waals surface area contributed by atoms with Crippen molar-refractivity contribution in [3.8, 4) is 0 Å². The summed E-state index contributed by atoms with van der Waals surface area (Å²) in [5.41, 5.74) is 0.0210. The van der Waals surface area contributed by atoms with E-state index in [9.17, 15) is 18.0 Å². The minimum absolute atomic E-state index is 0.0233. The van der Waals surface area contributed by atoms with E-state index in [0.717, 1.165) is 5.56 Å². The SMILES string of the molecule is CCN(Cc1ccccc1)C(=O)C1(C(=O)NC2CCS(=O)(=O)C2)CC1. The first-order valence-electron chi connectivity index (χ1n) is 8.71. The van der Waals surface area contributed by atoms with Gasteiger partial charge < -0.3 is 10.2 Å². The van der Waals surface area contributed by atoms with Crippen LogP contribution in [-0.4, -0.2) is 49.2 Å². The first-order valence-corrected chi connectivity index (χ1v) is 10.5. The van der Waals surface area contributed by atoms with Crippen molar-refractivity contribution in [3.63, 3.8) is 0 Å². The fraction of sp³-hybridized carbons (Fsp3) is 0.556.